The first-order valence-electron chi connectivity index (χ1n) is 19.3. The van der Waals surface area contributed by atoms with Crippen molar-refractivity contribution in [3.63, 3.8) is 0 Å². The number of unbranched alkanes of at least 4 members (excludes halogenated alkanes) is 26. The molecular weight excluding hydrogens is 544 g/mol. The largest absolute Gasteiger partial charge is 0.652 e. The zero-order valence-electron chi connectivity index (χ0n) is 31.8. The van der Waals surface area contributed by atoms with Crippen LogP contribution in [0.5, 0.6) is 0 Å². The van der Waals surface area contributed by atoms with Gasteiger partial charge < -0.3 is 24.0 Å². The summed E-state index contributed by atoms with van der Waals surface area (Å²) in [5.41, 5.74) is 0. The molecule has 0 aliphatic rings. The quantitative estimate of drug-likeness (QED) is 0.0587. The first-order chi connectivity index (χ1) is 20.9. The summed E-state index contributed by atoms with van der Waals surface area (Å²) >= 11 is 0. The van der Waals surface area contributed by atoms with E-state index < -0.39 is 6.16 Å². The molecule has 0 N–H and O–H groups in total. The molecule has 0 spiro atoms. The maximum absolute atomic E-state index is 8.33. The van der Waals surface area contributed by atoms with Crippen molar-refractivity contribution in [3.05, 3.63) is 0 Å². The number of rotatable bonds is 30. The maximum atomic E-state index is 8.33. The molecule has 0 aliphatic heterocycles. The summed E-state index contributed by atoms with van der Waals surface area (Å²) in [5.74, 6) is 0. The number of carbonyl (C=O) groups is 1. The van der Waals surface area contributed by atoms with Gasteiger partial charge in [0.15, 0.2) is 0 Å². The lowest BCUT2D eigenvalue weighted by molar-refractivity contribution is -0.870. The Morgan fingerprint density at radius 2 is 0.477 bits per heavy atom. The number of carbonyl (C=O) groups excluding carboxylic acids is 1. The topological polar surface area (TPSA) is 63.2 Å². The van der Waals surface area contributed by atoms with E-state index in [1.807, 2.05) is 0 Å². The molecule has 0 unspecified atom stereocenters. The van der Waals surface area contributed by atoms with Crippen LogP contribution in [0.1, 0.15) is 194 Å². The number of hydrogen-bond donors (Lipinski definition) is 0. The number of carboxylic acid groups (broad SMARTS) is 2. The predicted octanol–water partition coefficient (Wildman–Crippen LogP) is 9.90. The van der Waals surface area contributed by atoms with Gasteiger partial charge >= 0.3 is 0 Å². The standard InChI is InChI=1S/2C19H42N.CH2O3/c2*1-5-6-7-8-9-10-11-12-13-14-15-16-17-18-19-20(2,3)4;2-1(3)4/h2*5-19H2,1-4H3;(H2,2,3,4)/q2*+1;/p-2. The van der Waals surface area contributed by atoms with Crippen molar-refractivity contribution >= 4 is 6.16 Å². The lowest BCUT2D eigenvalue weighted by Gasteiger charge is -2.23. The number of nitrogens with zero attached hydrogens (tertiary/aromatic N) is 2. The van der Waals surface area contributed by atoms with Crippen molar-refractivity contribution in [1.82, 2.24) is 0 Å². The zero-order chi connectivity index (χ0) is 33.8. The van der Waals surface area contributed by atoms with Crippen molar-refractivity contribution in [2.24, 2.45) is 0 Å². The Morgan fingerprint density at radius 3 is 0.614 bits per heavy atom. The predicted molar refractivity (Wildman–Crippen MR) is 192 cm³/mol. The number of hydrogen-bond acceptors (Lipinski definition) is 3. The fourth-order valence-corrected chi connectivity index (χ4v) is 5.56. The third-order valence-corrected chi connectivity index (χ3v) is 8.36. The van der Waals surface area contributed by atoms with Crippen molar-refractivity contribution in [1.29, 1.82) is 0 Å². The average molecular weight is 629 g/mol. The van der Waals surface area contributed by atoms with Gasteiger partial charge in [0, 0.05) is 0 Å². The molecule has 0 aliphatic carbocycles. The lowest BCUT2D eigenvalue weighted by atomic mass is 10.0. The molecule has 0 atom stereocenters. The third-order valence-electron chi connectivity index (χ3n) is 8.36. The van der Waals surface area contributed by atoms with Gasteiger partial charge in [-0.3, -0.25) is 0 Å². The van der Waals surface area contributed by atoms with Gasteiger partial charge in [-0.15, -0.1) is 0 Å². The van der Waals surface area contributed by atoms with Crippen LogP contribution in [0.4, 0.5) is 4.79 Å². The van der Waals surface area contributed by atoms with E-state index in [4.69, 9.17) is 15.0 Å². The van der Waals surface area contributed by atoms with Crippen molar-refractivity contribution in [3.8, 4) is 0 Å². The molecule has 0 radical (unpaired) electrons. The SMILES string of the molecule is CCCCCCCCCCCCCCCC[N+](C)(C)C.CCCCCCCCCCCCCCCC[N+](C)(C)C.O=C([O-])[O-]. The molecule has 0 heterocycles. The minimum Gasteiger partial charge on any atom is -0.652 e. The highest BCUT2D eigenvalue weighted by atomic mass is 16.6. The van der Waals surface area contributed by atoms with Crippen LogP contribution in [0.25, 0.3) is 0 Å². The average Bonchev–Trinajstić information content (AvgIpc) is 2.92. The molecule has 268 valence electrons. The van der Waals surface area contributed by atoms with E-state index in [0.29, 0.717) is 0 Å². The van der Waals surface area contributed by atoms with E-state index in [2.05, 4.69) is 56.1 Å². The lowest BCUT2D eigenvalue weighted by Crippen LogP contribution is -2.37. The van der Waals surface area contributed by atoms with Gasteiger partial charge in [0.2, 0.25) is 0 Å². The summed E-state index contributed by atoms with van der Waals surface area (Å²) < 4.78 is 2.25. The van der Waals surface area contributed by atoms with E-state index in [1.54, 1.807) is 0 Å². The Morgan fingerprint density at radius 1 is 0.341 bits per heavy atom. The summed E-state index contributed by atoms with van der Waals surface area (Å²) in [6.07, 6.45) is 38.4. The second-order valence-electron chi connectivity index (χ2n) is 15.5. The second-order valence-corrected chi connectivity index (χ2v) is 15.5. The van der Waals surface area contributed by atoms with Crippen LogP contribution < -0.4 is 10.2 Å². The highest BCUT2D eigenvalue weighted by Gasteiger charge is 2.06. The molecule has 0 saturated carbocycles. The Kier molecular flexibility index (Phi) is 39.7. The molecule has 0 bridgehead atoms. The Balaban J connectivity index is -0.000000680. The maximum Gasteiger partial charge on any atom is 0.0780 e. The van der Waals surface area contributed by atoms with Gasteiger partial charge in [0.25, 0.3) is 0 Å². The molecular formula is C39H84N2O3. The molecule has 5 heteroatoms. The van der Waals surface area contributed by atoms with E-state index >= 15 is 0 Å². The van der Waals surface area contributed by atoms with Crippen LogP contribution in [0.15, 0.2) is 0 Å². The molecule has 0 amide bonds. The molecule has 0 aromatic heterocycles. The highest BCUT2D eigenvalue weighted by molar-refractivity contribution is 5.47. The molecule has 0 saturated heterocycles. The molecule has 0 aromatic rings. The minimum absolute atomic E-state index is 1.12. The van der Waals surface area contributed by atoms with Crippen LogP contribution in [0.2, 0.25) is 0 Å². The van der Waals surface area contributed by atoms with Crippen LogP contribution in [0.3, 0.4) is 0 Å². The fourth-order valence-electron chi connectivity index (χ4n) is 5.56. The minimum atomic E-state index is -2.33. The van der Waals surface area contributed by atoms with Crippen molar-refractivity contribution in [2.45, 2.75) is 194 Å². The van der Waals surface area contributed by atoms with Crippen LogP contribution in [-0.2, 0) is 0 Å². The van der Waals surface area contributed by atoms with Gasteiger partial charge in [0.05, 0.1) is 55.4 Å². The molecule has 0 aromatic carbocycles. The second kappa shape index (κ2) is 36.7. The molecule has 0 rings (SSSR count). The van der Waals surface area contributed by atoms with E-state index in [9.17, 15) is 0 Å². The van der Waals surface area contributed by atoms with Crippen LogP contribution in [0, 0.1) is 0 Å². The first-order valence-corrected chi connectivity index (χ1v) is 19.3. The van der Waals surface area contributed by atoms with Crippen molar-refractivity contribution < 1.29 is 24.0 Å². The van der Waals surface area contributed by atoms with Crippen molar-refractivity contribution in [2.75, 3.05) is 55.4 Å². The number of quaternary nitrogens is 2. The molecule has 0 fully saturated rings. The van der Waals surface area contributed by atoms with Gasteiger partial charge in [-0.05, 0) is 31.8 Å². The summed E-state index contributed by atoms with van der Waals surface area (Å²) in [6, 6.07) is 0. The Bertz CT molecular complexity index is 494. The fraction of sp³-hybridized carbons (Fsp3) is 0.974. The third kappa shape index (κ3) is 60.4. The van der Waals surface area contributed by atoms with Gasteiger partial charge in [-0.1, -0.05) is 168 Å². The smallest absolute Gasteiger partial charge is 0.0780 e. The van der Waals surface area contributed by atoms with Gasteiger partial charge in [-0.25, -0.2) is 0 Å². The summed E-state index contributed by atoms with van der Waals surface area (Å²) in [4.78, 5) is 8.33. The Hall–Kier alpha value is -0.810. The van der Waals surface area contributed by atoms with E-state index in [-0.39, 0.29) is 0 Å². The van der Waals surface area contributed by atoms with Crippen LogP contribution in [-0.4, -0.2) is 70.5 Å². The highest BCUT2D eigenvalue weighted by Crippen LogP contribution is 2.14. The monoisotopic (exact) mass is 629 g/mol. The van der Waals surface area contributed by atoms with E-state index in [0.717, 1.165) is 8.97 Å². The zero-order valence-corrected chi connectivity index (χ0v) is 31.8. The van der Waals surface area contributed by atoms with Gasteiger partial charge in [-0.2, -0.15) is 0 Å². The van der Waals surface area contributed by atoms with E-state index in [1.165, 1.54) is 193 Å². The normalized spacial score (nSPS) is 11.5. The summed E-state index contributed by atoms with van der Waals surface area (Å²) in [6.45, 7) is 7.25. The first kappa shape index (κ1) is 47.6. The van der Waals surface area contributed by atoms with Gasteiger partial charge in [0.1, 0.15) is 0 Å². The summed E-state index contributed by atoms with van der Waals surface area (Å²) in [5, 5.41) is 16.7. The molecule has 44 heavy (non-hydrogen) atoms. The molecule has 5 nitrogen and oxygen atoms in total. The Labute approximate surface area is 278 Å². The summed E-state index contributed by atoms with van der Waals surface area (Å²) in [7, 11) is 13.8. The van der Waals surface area contributed by atoms with Crippen LogP contribution >= 0.6 is 0 Å².